The number of anilines is 1. The third-order valence-corrected chi connectivity index (χ3v) is 17.5. The van der Waals surface area contributed by atoms with E-state index in [9.17, 15) is 9.59 Å². The quantitative estimate of drug-likeness (QED) is 0.0631. The Labute approximate surface area is 334 Å². The molecule has 0 radical (unpaired) electrons. The van der Waals surface area contributed by atoms with E-state index in [0.29, 0.717) is 63.7 Å². The maximum absolute atomic E-state index is 17.4. The molecule has 6 rings (SSSR count). The van der Waals surface area contributed by atoms with Gasteiger partial charge in [-0.15, -0.1) is 5.54 Å². The molecule has 2 aromatic heterocycles. The van der Waals surface area contributed by atoms with Crippen LogP contribution in [0.15, 0.2) is 30.5 Å². The van der Waals surface area contributed by atoms with E-state index in [2.05, 4.69) is 68.0 Å². The number of amides is 1. The highest BCUT2D eigenvalue weighted by molar-refractivity contribution is 6.90. The number of halogens is 2. The Bertz CT molecular complexity index is 2200. The lowest BCUT2D eigenvalue weighted by Gasteiger charge is -2.42. The van der Waals surface area contributed by atoms with E-state index >= 15 is 8.78 Å². The number of carbonyl (C=O) groups excluding carboxylic acids is 2. The number of hydrogen-bond donors (Lipinski definition) is 0. The van der Waals surface area contributed by atoms with Crippen LogP contribution in [0.1, 0.15) is 80.7 Å². The van der Waals surface area contributed by atoms with Crippen molar-refractivity contribution in [3.05, 3.63) is 47.7 Å². The summed E-state index contributed by atoms with van der Waals surface area (Å²) in [7, 11) is -0.814. The van der Waals surface area contributed by atoms with E-state index in [1.54, 1.807) is 23.1 Å². The smallest absolute Gasteiger partial charge is 0.410 e. The number of rotatable bonds is 11. The molecule has 11 nitrogen and oxygen atoms in total. The van der Waals surface area contributed by atoms with Crippen molar-refractivity contribution in [3.8, 4) is 34.5 Å². The average Bonchev–Trinajstić information content (AvgIpc) is 3.42. The minimum Gasteiger partial charge on any atom is -0.468 e. The number of carbonyl (C=O) groups is 2. The summed E-state index contributed by atoms with van der Waals surface area (Å²) in [6, 6.07) is 5.82. The van der Waals surface area contributed by atoms with Gasteiger partial charge < -0.3 is 23.8 Å². The predicted octanol–water partition coefficient (Wildman–Crippen LogP) is 8.84. The zero-order valence-corrected chi connectivity index (χ0v) is 35.5. The highest BCUT2D eigenvalue weighted by Crippen LogP contribution is 2.43. The van der Waals surface area contributed by atoms with E-state index in [1.807, 2.05) is 25.7 Å². The first kappa shape index (κ1) is 41.8. The van der Waals surface area contributed by atoms with Crippen molar-refractivity contribution in [3.63, 3.8) is 0 Å². The molecule has 14 heteroatoms. The van der Waals surface area contributed by atoms with Crippen LogP contribution in [0.4, 0.5) is 19.4 Å². The Balaban J connectivity index is 1.54. The highest BCUT2D eigenvalue weighted by atomic mass is 28.3. The van der Waals surface area contributed by atoms with E-state index in [4.69, 9.17) is 18.9 Å². The molecule has 2 aliphatic heterocycles. The second kappa shape index (κ2) is 16.5. The summed E-state index contributed by atoms with van der Waals surface area (Å²) in [6.45, 7) is 19.0. The van der Waals surface area contributed by atoms with Gasteiger partial charge in [0.05, 0.1) is 23.0 Å². The van der Waals surface area contributed by atoms with Gasteiger partial charge in [0.2, 0.25) is 0 Å². The molecule has 0 spiro atoms. The lowest BCUT2D eigenvalue weighted by molar-refractivity contribution is -0.109. The molecule has 2 fully saturated rings. The number of aromatic nitrogens is 3. The molecule has 0 aliphatic carbocycles. The van der Waals surface area contributed by atoms with Gasteiger partial charge in [0, 0.05) is 37.3 Å². The number of nitrogens with zero attached hydrogens (tertiary/aromatic N) is 5. The number of hydrogen-bond acceptors (Lipinski definition) is 10. The molecule has 4 heterocycles. The fraction of sp³-hybridized carbons (Fsp3) is 0.512. The maximum atomic E-state index is 17.4. The zero-order valence-electron chi connectivity index (χ0n) is 34.5. The molecule has 0 N–H and O–H groups in total. The fourth-order valence-electron chi connectivity index (χ4n) is 8.85. The molecule has 2 saturated heterocycles. The first-order chi connectivity index (χ1) is 27.0. The topological polar surface area (TPSA) is 116 Å². The SMILES string of the molecule is COCOc1cc(-c2ncc3c(N4CC5CCC(C4)N5C(=O)OC(C)(C)C)nc(OCC=O)nc3c2F)c2c(C#C[Si](C(C)C)(C(C)C)C(C)C)c(F)ccc2c1. The van der Waals surface area contributed by atoms with Gasteiger partial charge in [-0.2, -0.15) is 9.97 Å². The van der Waals surface area contributed by atoms with Gasteiger partial charge in [-0.1, -0.05) is 53.5 Å². The number of aldehydes is 1. The van der Waals surface area contributed by atoms with E-state index in [-0.39, 0.29) is 59.9 Å². The van der Waals surface area contributed by atoms with Gasteiger partial charge in [-0.05, 0) is 73.8 Å². The summed E-state index contributed by atoms with van der Waals surface area (Å²) in [6.07, 6.45) is 3.22. The summed E-state index contributed by atoms with van der Waals surface area (Å²) < 4.78 is 55.9. The lowest BCUT2D eigenvalue weighted by atomic mass is 9.95. The van der Waals surface area contributed by atoms with Crippen LogP contribution in [0.5, 0.6) is 11.8 Å². The molecular weight excluding hydrogens is 749 g/mol. The van der Waals surface area contributed by atoms with Crippen LogP contribution in [0.3, 0.4) is 0 Å². The van der Waals surface area contributed by atoms with Crippen molar-refractivity contribution < 1.29 is 37.3 Å². The molecule has 4 aromatic rings. The second-order valence-electron chi connectivity index (χ2n) is 16.9. The van der Waals surface area contributed by atoms with Crippen molar-refractivity contribution >= 4 is 47.9 Å². The van der Waals surface area contributed by atoms with Crippen LogP contribution < -0.4 is 14.4 Å². The van der Waals surface area contributed by atoms with Crippen molar-refractivity contribution in [1.82, 2.24) is 19.9 Å². The lowest BCUT2D eigenvalue weighted by Crippen LogP contribution is -2.57. The molecule has 57 heavy (non-hydrogen) atoms. The molecular formula is C43H53F2N5O6Si. The number of benzene rings is 2. The number of methoxy groups -OCH3 is 1. The van der Waals surface area contributed by atoms with E-state index in [1.165, 1.54) is 19.4 Å². The summed E-state index contributed by atoms with van der Waals surface area (Å²) in [4.78, 5) is 42.1. The Hall–Kier alpha value is -4.87. The average molecular weight is 802 g/mol. The van der Waals surface area contributed by atoms with E-state index in [0.717, 1.165) is 12.8 Å². The van der Waals surface area contributed by atoms with Crippen molar-refractivity contribution in [2.24, 2.45) is 0 Å². The fourth-order valence-corrected chi connectivity index (χ4v) is 14.1. The van der Waals surface area contributed by atoms with Gasteiger partial charge in [0.25, 0.3) is 0 Å². The molecule has 2 atom stereocenters. The standard InChI is InChI=1S/C43H53F2N5O6Si/c1-25(2)57(26(3)4,27(5)6)18-15-32-35(44)14-11-28-19-31(55-24-53-10)20-33(36(28)32)38-37(45)39-34(21-46-38)40(48-41(47-39)54-17-16-51)49-22-29-12-13-30(23-49)50(29)42(52)56-43(7,8)9/h11,14,16,19-21,25-27,29-30H,12-13,17,22-24H2,1-10H3. The first-order valence-corrected chi connectivity index (χ1v) is 21.8. The van der Waals surface area contributed by atoms with Crippen molar-refractivity contribution in [1.29, 1.82) is 0 Å². The predicted molar refractivity (Wildman–Crippen MR) is 219 cm³/mol. The van der Waals surface area contributed by atoms with Gasteiger partial charge in [-0.3, -0.25) is 14.7 Å². The number of ether oxygens (including phenoxy) is 4. The second-order valence-corrected chi connectivity index (χ2v) is 22.4. The Kier molecular flexibility index (Phi) is 12.1. The number of fused-ring (bicyclic) bond motifs is 4. The minimum atomic E-state index is -2.31. The maximum Gasteiger partial charge on any atom is 0.410 e. The minimum absolute atomic E-state index is 0.0745. The van der Waals surface area contributed by atoms with Crippen molar-refractivity contribution in [2.75, 3.05) is 38.5 Å². The summed E-state index contributed by atoms with van der Waals surface area (Å²) >= 11 is 0. The third kappa shape index (κ3) is 8.14. The van der Waals surface area contributed by atoms with Crippen LogP contribution in [0.2, 0.25) is 16.6 Å². The number of pyridine rings is 1. The Morgan fingerprint density at radius 1 is 1.00 bits per heavy atom. The highest BCUT2D eigenvalue weighted by Gasteiger charge is 2.45. The molecule has 2 bridgehead atoms. The number of piperazine rings is 1. The zero-order chi connectivity index (χ0) is 41.4. The van der Waals surface area contributed by atoms with Gasteiger partial charge in [0.1, 0.15) is 48.9 Å². The third-order valence-electron chi connectivity index (χ3n) is 11.2. The first-order valence-electron chi connectivity index (χ1n) is 19.6. The molecule has 304 valence electrons. The monoisotopic (exact) mass is 801 g/mol. The molecule has 0 saturated carbocycles. The van der Waals surface area contributed by atoms with Crippen LogP contribution in [-0.4, -0.2) is 91.6 Å². The normalized spacial score (nSPS) is 17.1. The summed E-state index contributed by atoms with van der Waals surface area (Å²) in [5.41, 5.74) is 4.10. The Morgan fingerprint density at radius 3 is 2.26 bits per heavy atom. The molecule has 1 amide bonds. The van der Waals surface area contributed by atoms with Crippen LogP contribution in [0, 0.1) is 23.1 Å². The van der Waals surface area contributed by atoms with Gasteiger partial charge in [-0.25, -0.2) is 13.6 Å². The van der Waals surface area contributed by atoms with Crippen molar-refractivity contribution in [2.45, 2.75) is 109 Å². The Morgan fingerprint density at radius 2 is 1.67 bits per heavy atom. The van der Waals surface area contributed by atoms with Crippen LogP contribution >= 0.6 is 0 Å². The van der Waals surface area contributed by atoms with Crippen LogP contribution in [-0.2, 0) is 14.3 Å². The molecule has 2 aliphatic rings. The molecule has 2 unspecified atom stereocenters. The molecule has 2 aromatic carbocycles. The summed E-state index contributed by atoms with van der Waals surface area (Å²) in [5.74, 6) is 2.68. The van der Waals surface area contributed by atoms with E-state index < -0.39 is 25.3 Å². The van der Waals surface area contributed by atoms with Gasteiger partial charge >= 0.3 is 12.1 Å². The van der Waals surface area contributed by atoms with Gasteiger partial charge in [0.15, 0.2) is 18.9 Å². The summed E-state index contributed by atoms with van der Waals surface area (Å²) in [5, 5.41) is 1.27. The largest absolute Gasteiger partial charge is 0.468 e. The van der Waals surface area contributed by atoms with Crippen LogP contribution in [0.25, 0.3) is 32.9 Å².